The molecule has 3 rings (SSSR count). The molecule has 3 atom stereocenters. The van der Waals surface area contributed by atoms with E-state index in [0.717, 1.165) is 13.2 Å². The molecular weight excluding hydrogens is 222 g/mol. The summed E-state index contributed by atoms with van der Waals surface area (Å²) in [5, 5.41) is 3.84. The number of aryl methyl sites for hydroxylation is 1. The van der Waals surface area contributed by atoms with E-state index in [-0.39, 0.29) is 0 Å². The Balaban J connectivity index is 1.70. The Morgan fingerprint density at radius 2 is 2.17 bits per heavy atom. The topological polar surface area (TPSA) is 21.3 Å². The zero-order valence-electron chi connectivity index (χ0n) is 11.2. The molecule has 0 spiro atoms. The van der Waals surface area contributed by atoms with Gasteiger partial charge in [-0.2, -0.15) is 0 Å². The molecule has 3 unspecified atom stereocenters. The van der Waals surface area contributed by atoms with Crippen molar-refractivity contribution in [1.82, 2.24) is 5.32 Å². The lowest BCUT2D eigenvalue weighted by molar-refractivity contribution is 0.176. The molecule has 0 amide bonds. The van der Waals surface area contributed by atoms with Crippen molar-refractivity contribution < 1.29 is 4.74 Å². The molecule has 1 aromatic carbocycles. The third-order valence-electron chi connectivity index (χ3n) is 4.51. The van der Waals surface area contributed by atoms with Crippen LogP contribution >= 0.6 is 0 Å². The lowest BCUT2D eigenvalue weighted by Gasteiger charge is -2.31. The number of hydrogen-bond acceptors (Lipinski definition) is 2. The molecule has 1 saturated heterocycles. The van der Waals surface area contributed by atoms with Gasteiger partial charge < -0.3 is 10.1 Å². The van der Waals surface area contributed by atoms with Crippen molar-refractivity contribution in [3.05, 3.63) is 35.4 Å². The summed E-state index contributed by atoms with van der Waals surface area (Å²) < 4.78 is 5.50. The van der Waals surface area contributed by atoms with Gasteiger partial charge in [0.1, 0.15) is 0 Å². The van der Waals surface area contributed by atoms with Gasteiger partial charge in [-0.05, 0) is 49.7 Å². The third-order valence-corrected chi connectivity index (χ3v) is 4.51. The van der Waals surface area contributed by atoms with E-state index in [4.69, 9.17) is 4.74 Å². The van der Waals surface area contributed by atoms with Gasteiger partial charge in [-0.15, -0.1) is 0 Å². The average molecular weight is 245 g/mol. The Morgan fingerprint density at radius 1 is 1.28 bits per heavy atom. The van der Waals surface area contributed by atoms with Gasteiger partial charge >= 0.3 is 0 Å². The van der Waals surface area contributed by atoms with E-state index >= 15 is 0 Å². The van der Waals surface area contributed by atoms with Gasteiger partial charge in [0.15, 0.2) is 0 Å². The Hall–Kier alpha value is -0.860. The highest BCUT2D eigenvalue weighted by molar-refractivity contribution is 5.32. The number of hydrogen-bond donors (Lipinski definition) is 1. The molecule has 1 aromatic rings. The normalized spacial score (nSPS) is 28.9. The lowest BCUT2D eigenvalue weighted by Crippen LogP contribution is -2.38. The number of benzene rings is 1. The largest absolute Gasteiger partial charge is 0.381 e. The molecule has 1 aliphatic carbocycles. The number of ether oxygens (including phenoxy) is 1. The highest BCUT2D eigenvalue weighted by Gasteiger charge is 2.26. The SMILES string of the molecule is CC(NC1CCCc2ccccc21)C1CCOC1. The van der Waals surface area contributed by atoms with Crippen molar-refractivity contribution in [3.63, 3.8) is 0 Å². The van der Waals surface area contributed by atoms with Crippen molar-refractivity contribution in [2.75, 3.05) is 13.2 Å². The van der Waals surface area contributed by atoms with Crippen molar-refractivity contribution in [1.29, 1.82) is 0 Å². The zero-order chi connectivity index (χ0) is 12.4. The second-order valence-electron chi connectivity index (χ2n) is 5.72. The van der Waals surface area contributed by atoms with E-state index in [0.29, 0.717) is 18.0 Å². The van der Waals surface area contributed by atoms with Gasteiger partial charge in [-0.25, -0.2) is 0 Å². The Bertz CT molecular complexity index is 398. The van der Waals surface area contributed by atoms with Crippen LogP contribution in [0.3, 0.4) is 0 Å². The predicted molar refractivity (Wildman–Crippen MR) is 73.6 cm³/mol. The molecule has 1 aliphatic heterocycles. The Morgan fingerprint density at radius 3 is 3.00 bits per heavy atom. The molecule has 18 heavy (non-hydrogen) atoms. The van der Waals surface area contributed by atoms with E-state index in [1.165, 1.54) is 36.8 Å². The van der Waals surface area contributed by atoms with Crippen LogP contribution in [0.25, 0.3) is 0 Å². The zero-order valence-corrected chi connectivity index (χ0v) is 11.2. The molecule has 2 heteroatoms. The monoisotopic (exact) mass is 245 g/mol. The van der Waals surface area contributed by atoms with Crippen molar-refractivity contribution >= 4 is 0 Å². The van der Waals surface area contributed by atoms with Crippen LogP contribution in [0.2, 0.25) is 0 Å². The smallest absolute Gasteiger partial charge is 0.0509 e. The molecular formula is C16H23NO. The number of rotatable bonds is 3. The minimum Gasteiger partial charge on any atom is -0.381 e. The molecule has 1 fully saturated rings. The van der Waals surface area contributed by atoms with E-state index in [1.807, 2.05) is 0 Å². The minimum absolute atomic E-state index is 0.547. The van der Waals surface area contributed by atoms with Crippen LogP contribution < -0.4 is 5.32 Å². The molecule has 1 heterocycles. The maximum atomic E-state index is 5.50. The van der Waals surface area contributed by atoms with E-state index in [9.17, 15) is 0 Å². The van der Waals surface area contributed by atoms with E-state index < -0.39 is 0 Å². The van der Waals surface area contributed by atoms with Crippen LogP contribution in [-0.4, -0.2) is 19.3 Å². The van der Waals surface area contributed by atoms with Crippen molar-refractivity contribution in [2.45, 2.75) is 44.7 Å². The van der Waals surface area contributed by atoms with Crippen LogP contribution in [0.1, 0.15) is 43.4 Å². The van der Waals surface area contributed by atoms with Crippen LogP contribution in [0.15, 0.2) is 24.3 Å². The first-order valence-electron chi connectivity index (χ1n) is 7.26. The van der Waals surface area contributed by atoms with Gasteiger partial charge in [0.05, 0.1) is 6.61 Å². The predicted octanol–water partition coefficient (Wildman–Crippen LogP) is 3.08. The standard InChI is InChI=1S/C16H23NO/c1-12(14-9-10-18-11-14)17-16-8-4-6-13-5-2-3-7-15(13)16/h2-3,5,7,12,14,16-17H,4,6,8-11H2,1H3. The average Bonchev–Trinajstić information content (AvgIpc) is 2.93. The fourth-order valence-electron chi connectivity index (χ4n) is 3.33. The second kappa shape index (κ2) is 5.41. The quantitative estimate of drug-likeness (QED) is 0.883. The molecule has 2 aliphatic rings. The van der Waals surface area contributed by atoms with Gasteiger partial charge in [0.2, 0.25) is 0 Å². The fraction of sp³-hybridized carbons (Fsp3) is 0.625. The first kappa shape index (κ1) is 12.2. The molecule has 0 aromatic heterocycles. The fourth-order valence-corrected chi connectivity index (χ4v) is 3.33. The summed E-state index contributed by atoms with van der Waals surface area (Å²) in [5.41, 5.74) is 3.06. The first-order valence-corrected chi connectivity index (χ1v) is 7.26. The molecule has 0 saturated carbocycles. The van der Waals surface area contributed by atoms with Crippen LogP contribution in [0.5, 0.6) is 0 Å². The third kappa shape index (κ3) is 2.45. The molecule has 0 radical (unpaired) electrons. The Kier molecular flexibility index (Phi) is 3.67. The molecule has 98 valence electrons. The minimum atomic E-state index is 0.547. The van der Waals surface area contributed by atoms with Gasteiger partial charge in [-0.3, -0.25) is 0 Å². The highest BCUT2D eigenvalue weighted by atomic mass is 16.5. The van der Waals surface area contributed by atoms with Crippen molar-refractivity contribution in [2.24, 2.45) is 5.92 Å². The molecule has 2 nitrogen and oxygen atoms in total. The van der Waals surface area contributed by atoms with Crippen LogP contribution in [-0.2, 0) is 11.2 Å². The molecule has 1 N–H and O–H groups in total. The maximum absolute atomic E-state index is 5.50. The summed E-state index contributed by atoms with van der Waals surface area (Å²) in [6.45, 7) is 4.19. The maximum Gasteiger partial charge on any atom is 0.0509 e. The number of fused-ring (bicyclic) bond motifs is 1. The first-order chi connectivity index (χ1) is 8.84. The summed E-state index contributed by atoms with van der Waals surface area (Å²) >= 11 is 0. The second-order valence-corrected chi connectivity index (χ2v) is 5.72. The summed E-state index contributed by atoms with van der Waals surface area (Å²) in [6.07, 6.45) is 5.04. The van der Waals surface area contributed by atoms with Gasteiger partial charge in [0.25, 0.3) is 0 Å². The van der Waals surface area contributed by atoms with E-state index in [2.05, 4.69) is 36.5 Å². The van der Waals surface area contributed by atoms with Gasteiger partial charge in [0, 0.05) is 18.7 Å². The van der Waals surface area contributed by atoms with Crippen molar-refractivity contribution in [3.8, 4) is 0 Å². The van der Waals surface area contributed by atoms with E-state index in [1.54, 1.807) is 0 Å². The number of nitrogens with one attached hydrogen (secondary N) is 1. The van der Waals surface area contributed by atoms with Gasteiger partial charge in [-0.1, -0.05) is 24.3 Å². The summed E-state index contributed by atoms with van der Waals surface area (Å²) in [7, 11) is 0. The lowest BCUT2D eigenvalue weighted by atomic mass is 9.86. The Labute approximate surface area is 110 Å². The van der Waals surface area contributed by atoms with Crippen LogP contribution in [0, 0.1) is 5.92 Å². The summed E-state index contributed by atoms with van der Waals surface area (Å²) in [4.78, 5) is 0. The highest BCUT2D eigenvalue weighted by Crippen LogP contribution is 2.31. The summed E-state index contributed by atoms with van der Waals surface area (Å²) in [5.74, 6) is 0.694. The van der Waals surface area contributed by atoms with Crippen LogP contribution in [0.4, 0.5) is 0 Å². The summed E-state index contributed by atoms with van der Waals surface area (Å²) in [6, 6.07) is 10.0. The molecule has 0 bridgehead atoms.